The van der Waals surface area contributed by atoms with Crippen LogP contribution >= 0.6 is 0 Å². The van der Waals surface area contributed by atoms with Crippen molar-refractivity contribution in [2.24, 2.45) is 0 Å². The Morgan fingerprint density at radius 2 is 2.08 bits per heavy atom. The van der Waals surface area contributed by atoms with Crippen LogP contribution in [0.4, 0.5) is 5.82 Å². The van der Waals surface area contributed by atoms with E-state index in [1.54, 1.807) is 36.7 Å². The molecule has 0 spiro atoms. The van der Waals surface area contributed by atoms with Crippen LogP contribution in [0.15, 0.2) is 59.9 Å². The van der Waals surface area contributed by atoms with Gasteiger partial charge in [-0.1, -0.05) is 0 Å². The molecule has 118 valence electrons. The molecule has 0 aliphatic carbocycles. The molecule has 0 fully saturated rings. The van der Waals surface area contributed by atoms with Gasteiger partial charge in [-0.3, -0.25) is 19.7 Å². The van der Waals surface area contributed by atoms with E-state index in [0.29, 0.717) is 17.2 Å². The number of aromatic amines is 1. The number of fused-ring (bicyclic) bond motifs is 1. The quantitative estimate of drug-likeness (QED) is 0.581. The van der Waals surface area contributed by atoms with Crippen molar-refractivity contribution >= 4 is 17.4 Å². The molecule has 0 saturated heterocycles. The second-order valence-corrected chi connectivity index (χ2v) is 4.93. The van der Waals surface area contributed by atoms with Crippen molar-refractivity contribution in [1.82, 2.24) is 29.4 Å². The predicted molar refractivity (Wildman–Crippen MR) is 85.1 cm³/mol. The zero-order valence-electron chi connectivity index (χ0n) is 12.2. The van der Waals surface area contributed by atoms with Crippen molar-refractivity contribution in [2.75, 3.05) is 5.32 Å². The maximum Gasteiger partial charge on any atom is 0.275 e. The van der Waals surface area contributed by atoms with Crippen LogP contribution in [0.25, 0.3) is 11.3 Å². The highest BCUT2D eigenvalue weighted by Crippen LogP contribution is 2.15. The van der Waals surface area contributed by atoms with Gasteiger partial charge in [0.25, 0.3) is 11.5 Å². The van der Waals surface area contributed by atoms with E-state index in [1.165, 1.54) is 27.7 Å². The van der Waals surface area contributed by atoms with Gasteiger partial charge in [0, 0.05) is 30.6 Å². The van der Waals surface area contributed by atoms with Gasteiger partial charge in [0.1, 0.15) is 11.5 Å². The topological polar surface area (TPSA) is 110 Å². The highest BCUT2D eigenvalue weighted by Gasteiger charge is 2.19. The summed E-state index contributed by atoms with van der Waals surface area (Å²) in [5, 5.41) is 9.12. The summed E-state index contributed by atoms with van der Waals surface area (Å²) >= 11 is 0. The summed E-state index contributed by atoms with van der Waals surface area (Å²) in [6.07, 6.45) is 6.10. The number of anilines is 1. The highest BCUT2D eigenvalue weighted by atomic mass is 16.2. The molecule has 4 aromatic heterocycles. The van der Waals surface area contributed by atoms with Gasteiger partial charge >= 0.3 is 0 Å². The first kappa shape index (κ1) is 13.9. The largest absolute Gasteiger partial charge is 0.306 e. The van der Waals surface area contributed by atoms with Crippen LogP contribution in [0.1, 0.15) is 10.5 Å². The first-order valence-corrected chi connectivity index (χ1v) is 7.05. The third kappa shape index (κ3) is 2.24. The Balaban J connectivity index is 1.93. The van der Waals surface area contributed by atoms with E-state index in [1.807, 2.05) is 0 Å². The molecule has 0 aliphatic rings. The molecule has 4 heterocycles. The van der Waals surface area contributed by atoms with Crippen LogP contribution in [0.3, 0.4) is 0 Å². The van der Waals surface area contributed by atoms with E-state index in [0.717, 1.165) is 0 Å². The van der Waals surface area contributed by atoms with Crippen LogP contribution in [0, 0.1) is 0 Å². The number of rotatable bonds is 3. The Bertz CT molecular complexity index is 1060. The van der Waals surface area contributed by atoms with Crippen molar-refractivity contribution in [1.29, 1.82) is 0 Å². The Kier molecular flexibility index (Phi) is 3.16. The number of H-pyrrole nitrogens is 1. The summed E-state index contributed by atoms with van der Waals surface area (Å²) in [6, 6.07) is 7.97. The zero-order chi connectivity index (χ0) is 16.5. The van der Waals surface area contributed by atoms with E-state index in [9.17, 15) is 9.59 Å². The maximum atomic E-state index is 12.6. The van der Waals surface area contributed by atoms with Crippen molar-refractivity contribution in [3.63, 3.8) is 0 Å². The smallest absolute Gasteiger partial charge is 0.275 e. The van der Waals surface area contributed by atoms with E-state index >= 15 is 0 Å². The third-order valence-corrected chi connectivity index (χ3v) is 3.42. The number of amides is 1. The molecule has 1 amide bonds. The van der Waals surface area contributed by atoms with E-state index in [-0.39, 0.29) is 11.3 Å². The van der Waals surface area contributed by atoms with Crippen molar-refractivity contribution in [2.45, 2.75) is 0 Å². The molecular weight excluding hydrogens is 310 g/mol. The number of pyridine rings is 1. The predicted octanol–water partition coefficient (Wildman–Crippen LogP) is 0.856. The molecule has 0 aromatic carbocycles. The number of aromatic nitrogens is 6. The number of carbonyl (C=O) groups excluding carboxylic acids is 1. The van der Waals surface area contributed by atoms with Gasteiger partial charge in [-0.25, -0.2) is 9.67 Å². The molecule has 0 radical (unpaired) electrons. The Morgan fingerprint density at radius 1 is 1.17 bits per heavy atom. The summed E-state index contributed by atoms with van der Waals surface area (Å²) in [5.74, 6) is 0.0382. The first-order chi connectivity index (χ1) is 11.7. The first-order valence-electron chi connectivity index (χ1n) is 7.05. The number of nitrogens with one attached hydrogen (secondary N) is 2. The number of hydrogen-bond donors (Lipinski definition) is 2. The van der Waals surface area contributed by atoms with Crippen LogP contribution in [0.5, 0.6) is 0 Å². The summed E-state index contributed by atoms with van der Waals surface area (Å²) in [5.41, 5.74) is 0.872. The van der Waals surface area contributed by atoms with E-state index in [2.05, 4.69) is 25.5 Å². The standard InChI is InChI=1S/C15H11N7O2/c23-14-4-6-17-13-8-11(15(24)19-12-3-7-18-20-12)21(22(13)14)10-2-1-5-16-9-10/h1-9H,(H2,18,19,20,24). The van der Waals surface area contributed by atoms with Gasteiger partial charge in [-0.2, -0.15) is 9.61 Å². The molecule has 0 bridgehead atoms. The average molecular weight is 321 g/mol. The molecule has 2 N–H and O–H groups in total. The Hall–Kier alpha value is -3.75. The molecule has 0 atom stereocenters. The number of nitrogens with zero attached hydrogens (tertiary/aromatic N) is 5. The molecule has 0 saturated carbocycles. The van der Waals surface area contributed by atoms with Crippen molar-refractivity contribution in [3.8, 4) is 5.69 Å². The van der Waals surface area contributed by atoms with Crippen molar-refractivity contribution < 1.29 is 4.79 Å². The SMILES string of the molecule is O=C(Nc1ccn[nH]1)c1cc2nccc(=O)n2n1-c1cccnc1. The lowest BCUT2D eigenvalue weighted by Crippen LogP contribution is -2.24. The van der Waals surface area contributed by atoms with Crippen LogP contribution < -0.4 is 10.9 Å². The minimum Gasteiger partial charge on any atom is -0.306 e. The fourth-order valence-electron chi connectivity index (χ4n) is 2.41. The molecule has 4 aromatic rings. The molecule has 9 heteroatoms. The summed E-state index contributed by atoms with van der Waals surface area (Å²) in [6.45, 7) is 0. The average Bonchev–Trinajstić information content (AvgIpc) is 3.23. The van der Waals surface area contributed by atoms with E-state index < -0.39 is 5.91 Å². The molecule has 0 aliphatic heterocycles. The second-order valence-electron chi connectivity index (χ2n) is 4.93. The lowest BCUT2D eigenvalue weighted by Gasteiger charge is -2.10. The molecule has 4 rings (SSSR count). The normalized spacial score (nSPS) is 10.8. The van der Waals surface area contributed by atoms with Gasteiger partial charge in [0.2, 0.25) is 0 Å². The monoisotopic (exact) mass is 321 g/mol. The zero-order valence-corrected chi connectivity index (χ0v) is 12.2. The molecule has 9 nitrogen and oxygen atoms in total. The van der Waals surface area contributed by atoms with Gasteiger partial charge < -0.3 is 5.32 Å². The van der Waals surface area contributed by atoms with Gasteiger partial charge in [-0.05, 0) is 12.1 Å². The number of carbonyl (C=O) groups is 1. The van der Waals surface area contributed by atoms with E-state index in [4.69, 9.17) is 0 Å². The van der Waals surface area contributed by atoms with Gasteiger partial charge in [0.15, 0.2) is 5.65 Å². The number of hydrogen-bond acceptors (Lipinski definition) is 5. The second kappa shape index (κ2) is 5.47. The Labute approximate surface area is 134 Å². The third-order valence-electron chi connectivity index (χ3n) is 3.42. The highest BCUT2D eigenvalue weighted by molar-refractivity contribution is 6.03. The summed E-state index contributed by atoms with van der Waals surface area (Å²) < 4.78 is 2.79. The molecular formula is C15H11N7O2. The maximum absolute atomic E-state index is 12.6. The fraction of sp³-hybridized carbons (Fsp3) is 0. The van der Waals surface area contributed by atoms with Crippen LogP contribution in [0.2, 0.25) is 0 Å². The fourth-order valence-corrected chi connectivity index (χ4v) is 2.41. The Morgan fingerprint density at radius 3 is 2.83 bits per heavy atom. The van der Waals surface area contributed by atoms with Gasteiger partial charge in [0.05, 0.1) is 18.1 Å². The summed E-state index contributed by atoms with van der Waals surface area (Å²) in [7, 11) is 0. The minimum absolute atomic E-state index is 0.244. The van der Waals surface area contributed by atoms with Crippen molar-refractivity contribution in [3.05, 3.63) is 71.2 Å². The molecule has 24 heavy (non-hydrogen) atoms. The lowest BCUT2D eigenvalue weighted by molar-refractivity contribution is 0.101. The molecule has 0 unspecified atom stereocenters. The minimum atomic E-state index is -0.409. The summed E-state index contributed by atoms with van der Waals surface area (Å²) in [4.78, 5) is 33.1. The lowest BCUT2D eigenvalue weighted by atomic mass is 10.3. The van der Waals surface area contributed by atoms with Crippen LogP contribution in [-0.4, -0.2) is 35.3 Å². The van der Waals surface area contributed by atoms with Gasteiger partial charge in [-0.15, -0.1) is 0 Å². The van der Waals surface area contributed by atoms with Crippen LogP contribution in [-0.2, 0) is 0 Å².